The number of carboxylic acid groups (broad SMARTS) is 1. The van der Waals surface area contributed by atoms with E-state index in [2.05, 4.69) is 9.82 Å². The number of aliphatic carboxylic acids is 1. The molecule has 1 aromatic rings. The van der Waals surface area contributed by atoms with Crippen molar-refractivity contribution in [2.24, 2.45) is 5.92 Å². The van der Waals surface area contributed by atoms with Gasteiger partial charge >= 0.3 is 5.97 Å². The second-order valence-electron chi connectivity index (χ2n) is 5.11. The maximum Gasteiger partial charge on any atom is 0.310 e. The zero-order valence-corrected chi connectivity index (χ0v) is 13.0. The molecule has 0 aliphatic heterocycles. The molecule has 2 N–H and O–H groups in total. The van der Waals surface area contributed by atoms with Gasteiger partial charge < -0.3 is 5.11 Å². The molecule has 0 amide bonds. The van der Waals surface area contributed by atoms with Crippen LogP contribution >= 0.6 is 0 Å². The van der Waals surface area contributed by atoms with Crippen LogP contribution in [0.4, 0.5) is 0 Å². The molecule has 1 aliphatic carbocycles. The fraction of sp³-hybridized carbons (Fsp3) is 0.538. The number of nitrogens with zero attached hydrogens (tertiary/aromatic N) is 2. The monoisotopic (exact) mass is 313 g/mol. The molecule has 7 nitrogen and oxygen atoms in total. The minimum Gasteiger partial charge on any atom is -0.481 e. The molecule has 0 aromatic carbocycles. The topological polar surface area (TPSA) is 101 Å². The number of hydrogen-bond donors (Lipinski definition) is 2. The van der Waals surface area contributed by atoms with Crippen molar-refractivity contribution in [1.29, 1.82) is 0 Å². The van der Waals surface area contributed by atoms with E-state index >= 15 is 0 Å². The van der Waals surface area contributed by atoms with Crippen LogP contribution < -0.4 is 4.72 Å². The highest BCUT2D eigenvalue weighted by molar-refractivity contribution is 7.89. The summed E-state index contributed by atoms with van der Waals surface area (Å²) in [4.78, 5) is 11.1. The summed E-state index contributed by atoms with van der Waals surface area (Å²) in [5.74, 6) is -1.59. The summed E-state index contributed by atoms with van der Waals surface area (Å²) in [5, 5.41) is 13.1. The Morgan fingerprint density at radius 1 is 1.48 bits per heavy atom. The van der Waals surface area contributed by atoms with Gasteiger partial charge in [-0.1, -0.05) is 12.2 Å². The summed E-state index contributed by atoms with van der Waals surface area (Å²) in [6, 6.07) is -0.500. The van der Waals surface area contributed by atoms with E-state index in [1.165, 1.54) is 6.08 Å². The predicted molar refractivity (Wildman–Crippen MR) is 76.4 cm³/mol. The van der Waals surface area contributed by atoms with Crippen LogP contribution in [0.25, 0.3) is 0 Å². The minimum absolute atomic E-state index is 0.177. The number of sulfonamides is 1. The molecule has 0 saturated carbocycles. The highest BCUT2D eigenvalue weighted by Gasteiger charge is 2.30. The average molecular weight is 313 g/mol. The number of aromatic nitrogens is 2. The smallest absolute Gasteiger partial charge is 0.310 e. The Bertz CT molecular complexity index is 691. The third-order valence-corrected chi connectivity index (χ3v) is 5.33. The molecular weight excluding hydrogens is 294 g/mol. The Labute approximate surface area is 123 Å². The number of nitrogens with one attached hydrogen (secondary N) is 1. The molecule has 116 valence electrons. The van der Waals surface area contributed by atoms with Gasteiger partial charge in [0.2, 0.25) is 10.0 Å². The van der Waals surface area contributed by atoms with Crippen LogP contribution in [-0.4, -0.2) is 35.3 Å². The SMILES string of the molecule is CCn1nc(C)c(S(=O)(=O)NC2C=CC(C(=O)O)C2)c1C. The number of carboxylic acids is 1. The van der Waals surface area contributed by atoms with Gasteiger partial charge in [-0.15, -0.1) is 0 Å². The fourth-order valence-corrected chi connectivity index (χ4v) is 4.22. The van der Waals surface area contributed by atoms with Crippen LogP contribution in [0, 0.1) is 19.8 Å². The van der Waals surface area contributed by atoms with Gasteiger partial charge in [-0.2, -0.15) is 5.10 Å². The van der Waals surface area contributed by atoms with Crippen LogP contribution in [0.2, 0.25) is 0 Å². The van der Waals surface area contributed by atoms with Crippen molar-refractivity contribution in [3.8, 4) is 0 Å². The molecule has 1 heterocycles. The fourth-order valence-electron chi connectivity index (χ4n) is 2.60. The molecule has 2 unspecified atom stereocenters. The third-order valence-electron chi connectivity index (χ3n) is 3.59. The normalized spacial score (nSPS) is 21.9. The molecule has 0 bridgehead atoms. The lowest BCUT2D eigenvalue weighted by atomic mass is 10.1. The second-order valence-corrected chi connectivity index (χ2v) is 6.76. The first-order chi connectivity index (χ1) is 9.76. The van der Waals surface area contributed by atoms with E-state index in [-0.39, 0.29) is 11.3 Å². The van der Waals surface area contributed by atoms with Crippen molar-refractivity contribution in [3.63, 3.8) is 0 Å². The molecule has 2 atom stereocenters. The van der Waals surface area contributed by atoms with Gasteiger partial charge in [-0.05, 0) is 27.2 Å². The molecule has 2 rings (SSSR count). The molecule has 0 radical (unpaired) electrons. The minimum atomic E-state index is -3.72. The number of aryl methyl sites for hydroxylation is 2. The lowest BCUT2D eigenvalue weighted by Crippen LogP contribution is -2.34. The van der Waals surface area contributed by atoms with E-state index in [1.54, 1.807) is 24.6 Å². The molecule has 1 aliphatic rings. The molecule has 21 heavy (non-hydrogen) atoms. The molecule has 1 aromatic heterocycles. The standard InChI is InChI=1S/C13H19N3O4S/c1-4-16-9(3)12(8(2)14-16)21(19,20)15-11-6-5-10(7-11)13(17)18/h5-6,10-11,15H,4,7H2,1-3H3,(H,17,18). The quantitative estimate of drug-likeness (QED) is 0.784. The summed E-state index contributed by atoms with van der Waals surface area (Å²) in [6.45, 7) is 5.84. The highest BCUT2D eigenvalue weighted by Crippen LogP contribution is 2.23. The molecule has 0 spiro atoms. The van der Waals surface area contributed by atoms with Crippen molar-refractivity contribution in [3.05, 3.63) is 23.5 Å². The van der Waals surface area contributed by atoms with Crippen LogP contribution in [0.3, 0.4) is 0 Å². The van der Waals surface area contributed by atoms with Gasteiger partial charge in [0.15, 0.2) is 0 Å². The van der Waals surface area contributed by atoms with E-state index < -0.39 is 28.0 Å². The first kappa shape index (κ1) is 15.7. The first-order valence-electron chi connectivity index (χ1n) is 6.73. The Morgan fingerprint density at radius 2 is 2.14 bits per heavy atom. The molecule has 0 fully saturated rings. The van der Waals surface area contributed by atoms with Crippen LogP contribution in [0.15, 0.2) is 17.0 Å². The van der Waals surface area contributed by atoms with Crippen molar-refractivity contribution in [2.75, 3.05) is 0 Å². The maximum atomic E-state index is 12.5. The van der Waals surface area contributed by atoms with E-state index in [1.807, 2.05) is 6.92 Å². The molecular formula is C13H19N3O4S. The van der Waals surface area contributed by atoms with E-state index in [9.17, 15) is 13.2 Å². The average Bonchev–Trinajstić information content (AvgIpc) is 2.93. The van der Waals surface area contributed by atoms with Crippen molar-refractivity contribution >= 4 is 16.0 Å². The van der Waals surface area contributed by atoms with Gasteiger partial charge in [-0.3, -0.25) is 9.48 Å². The lowest BCUT2D eigenvalue weighted by Gasteiger charge is -2.13. The molecule has 0 saturated heterocycles. The second kappa shape index (κ2) is 5.61. The first-order valence-corrected chi connectivity index (χ1v) is 8.22. The Balaban J connectivity index is 2.23. The van der Waals surface area contributed by atoms with Gasteiger partial charge in [0, 0.05) is 12.6 Å². The Kier molecular flexibility index (Phi) is 4.20. The maximum absolute atomic E-state index is 12.5. The highest BCUT2D eigenvalue weighted by atomic mass is 32.2. The van der Waals surface area contributed by atoms with Gasteiger partial charge in [0.1, 0.15) is 4.90 Å². The van der Waals surface area contributed by atoms with Crippen LogP contribution in [-0.2, 0) is 21.4 Å². The zero-order chi connectivity index (χ0) is 15.8. The van der Waals surface area contributed by atoms with Crippen molar-refractivity contribution in [2.45, 2.75) is 44.7 Å². The van der Waals surface area contributed by atoms with E-state index in [0.29, 0.717) is 17.9 Å². The van der Waals surface area contributed by atoms with Gasteiger partial charge in [-0.25, -0.2) is 13.1 Å². The number of rotatable bonds is 5. The van der Waals surface area contributed by atoms with Gasteiger partial charge in [0.25, 0.3) is 0 Å². The Hall–Kier alpha value is -1.67. The van der Waals surface area contributed by atoms with E-state index in [4.69, 9.17) is 5.11 Å². The number of hydrogen-bond acceptors (Lipinski definition) is 4. The zero-order valence-electron chi connectivity index (χ0n) is 12.2. The van der Waals surface area contributed by atoms with Crippen molar-refractivity contribution in [1.82, 2.24) is 14.5 Å². The molecule has 8 heteroatoms. The Morgan fingerprint density at radius 3 is 2.62 bits per heavy atom. The summed E-state index contributed by atoms with van der Waals surface area (Å²) < 4.78 is 29.2. The number of carbonyl (C=O) groups is 1. The third kappa shape index (κ3) is 3.01. The van der Waals surface area contributed by atoms with Crippen LogP contribution in [0.5, 0.6) is 0 Å². The van der Waals surface area contributed by atoms with Crippen molar-refractivity contribution < 1.29 is 18.3 Å². The summed E-state index contributed by atoms with van der Waals surface area (Å²) in [5.41, 5.74) is 1.03. The lowest BCUT2D eigenvalue weighted by molar-refractivity contribution is -0.140. The summed E-state index contributed by atoms with van der Waals surface area (Å²) in [7, 11) is -3.72. The van der Waals surface area contributed by atoms with Gasteiger partial charge in [0.05, 0.1) is 17.3 Å². The summed E-state index contributed by atoms with van der Waals surface area (Å²) in [6.07, 6.45) is 3.34. The largest absolute Gasteiger partial charge is 0.481 e. The van der Waals surface area contributed by atoms with Crippen LogP contribution in [0.1, 0.15) is 24.7 Å². The van der Waals surface area contributed by atoms with E-state index in [0.717, 1.165) is 0 Å². The summed E-state index contributed by atoms with van der Waals surface area (Å²) >= 11 is 0. The predicted octanol–water partition coefficient (Wildman–Crippen LogP) is 0.827.